The minimum absolute atomic E-state index is 0.0152. The van der Waals surface area contributed by atoms with Crippen molar-refractivity contribution < 1.29 is 16.8 Å². The molecule has 0 amide bonds. The molecule has 0 aliphatic heterocycles. The molecule has 0 heterocycles. The fourth-order valence-electron chi connectivity index (χ4n) is 1.74. The Bertz CT molecular complexity index is 667. The maximum absolute atomic E-state index is 11.8. The molecule has 0 atom stereocenters. The van der Waals surface area contributed by atoms with Crippen LogP contribution in [0.3, 0.4) is 0 Å². The van der Waals surface area contributed by atoms with Gasteiger partial charge >= 0.3 is 0 Å². The Morgan fingerprint density at radius 3 is 1.81 bits per heavy atom. The fraction of sp³-hybridized carbons (Fsp3) is 0.500. The lowest BCUT2D eigenvalue weighted by Crippen LogP contribution is -2.37. The van der Waals surface area contributed by atoms with Crippen molar-refractivity contribution in [1.82, 2.24) is 4.72 Å². The van der Waals surface area contributed by atoms with Crippen molar-refractivity contribution in [1.29, 1.82) is 0 Å². The van der Waals surface area contributed by atoms with E-state index in [1.807, 2.05) is 19.0 Å². The van der Waals surface area contributed by atoms with Gasteiger partial charge < -0.3 is 4.90 Å². The highest BCUT2D eigenvalue weighted by molar-refractivity contribution is 7.92. The summed E-state index contributed by atoms with van der Waals surface area (Å²) in [4.78, 5) is 1.90. The Labute approximate surface area is 126 Å². The summed E-state index contributed by atoms with van der Waals surface area (Å²) in [5.41, 5.74) is 1.44. The number of nitrogens with zero attached hydrogens (tertiary/aromatic N) is 2. The van der Waals surface area contributed by atoms with Crippen molar-refractivity contribution in [2.45, 2.75) is 0 Å². The Balaban J connectivity index is 2.93. The third-order valence-corrected chi connectivity index (χ3v) is 4.66. The lowest BCUT2D eigenvalue weighted by atomic mass is 10.2. The highest BCUT2D eigenvalue weighted by Crippen LogP contribution is 2.21. The van der Waals surface area contributed by atoms with Gasteiger partial charge in [0.2, 0.25) is 20.0 Å². The molecule has 0 unspecified atom stereocenters. The number of sulfonamides is 2. The second kappa shape index (κ2) is 6.63. The Morgan fingerprint density at radius 2 is 1.43 bits per heavy atom. The Kier molecular flexibility index (Phi) is 5.60. The highest BCUT2D eigenvalue weighted by Gasteiger charge is 2.17. The van der Waals surface area contributed by atoms with Gasteiger partial charge in [-0.25, -0.2) is 21.6 Å². The minimum Gasteiger partial charge on any atom is -0.378 e. The zero-order chi connectivity index (χ0) is 16.3. The number of hydrogen-bond acceptors (Lipinski definition) is 5. The first-order valence-corrected chi connectivity index (χ1v) is 9.94. The van der Waals surface area contributed by atoms with E-state index in [1.165, 1.54) is 4.31 Å². The predicted octanol–water partition coefficient (Wildman–Crippen LogP) is 0.0678. The lowest BCUT2D eigenvalue weighted by Gasteiger charge is -2.23. The molecule has 120 valence electrons. The van der Waals surface area contributed by atoms with Gasteiger partial charge in [0.25, 0.3) is 0 Å². The number of benzene rings is 1. The fourth-order valence-corrected chi connectivity index (χ4v) is 3.13. The second-order valence-corrected chi connectivity index (χ2v) is 8.65. The van der Waals surface area contributed by atoms with E-state index < -0.39 is 20.0 Å². The van der Waals surface area contributed by atoms with Gasteiger partial charge in [-0.15, -0.1) is 0 Å². The monoisotopic (exact) mass is 335 g/mol. The number of rotatable bonds is 7. The largest absolute Gasteiger partial charge is 0.378 e. The smallest absolute Gasteiger partial charge is 0.232 e. The zero-order valence-corrected chi connectivity index (χ0v) is 14.2. The van der Waals surface area contributed by atoms with E-state index >= 15 is 0 Å². The van der Waals surface area contributed by atoms with Crippen LogP contribution < -0.4 is 13.9 Å². The van der Waals surface area contributed by atoms with Gasteiger partial charge in [0.05, 0.1) is 18.2 Å². The number of anilines is 2. The SMILES string of the molecule is CN(C)c1ccc(N(CCNS(C)(=O)=O)S(C)(=O)=O)cc1. The minimum atomic E-state index is -3.48. The summed E-state index contributed by atoms with van der Waals surface area (Å²) in [6, 6.07) is 6.99. The van der Waals surface area contributed by atoms with Crippen LogP contribution in [-0.2, 0) is 20.0 Å². The summed E-state index contributed by atoms with van der Waals surface area (Å²) in [5, 5.41) is 0. The normalized spacial score (nSPS) is 12.2. The van der Waals surface area contributed by atoms with Crippen LogP contribution in [-0.4, -0.2) is 56.5 Å². The van der Waals surface area contributed by atoms with Gasteiger partial charge in [-0.05, 0) is 24.3 Å². The van der Waals surface area contributed by atoms with Gasteiger partial charge in [-0.1, -0.05) is 0 Å². The summed E-state index contributed by atoms with van der Waals surface area (Å²) in [7, 11) is -3.05. The van der Waals surface area contributed by atoms with Gasteiger partial charge in [0.1, 0.15) is 0 Å². The van der Waals surface area contributed by atoms with Crippen LogP contribution in [0.1, 0.15) is 0 Å². The van der Waals surface area contributed by atoms with Crippen LogP contribution in [0.2, 0.25) is 0 Å². The van der Waals surface area contributed by atoms with E-state index in [9.17, 15) is 16.8 Å². The Morgan fingerprint density at radius 1 is 0.952 bits per heavy atom. The van der Waals surface area contributed by atoms with Crippen LogP contribution in [0, 0.1) is 0 Å². The van der Waals surface area contributed by atoms with Crippen molar-refractivity contribution in [3.05, 3.63) is 24.3 Å². The Hall–Kier alpha value is -1.32. The number of nitrogens with one attached hydrogen (secondary N) is 1. The standard InChI is InChI=1S/C12H21N3O4S2/c1-14(2)11-5-7-12(8-6-11)15(21(4,18)19)10-9-13-20(3,16)17/h5-8,13H,9-10H2,1-4H3. The third-order valence-electron chi connectivity index (χ3n) is 2.73. The third kappa shape index (κ3) is 5.90. The van der Waals surface area contributed by atoms with Crippen molar-refractivity contribution in [3.63, 3.8) is 0 Å². The molecule has 1 aromatic rings. The summed E-state index contributed by atoms with van der Waals surface area (Å²) in [6.07, 6.45) is 2.12. The molecule has 7 nitrogen and oxygen atoms in total. The van der Waals surface area contributed by atoms with Crippen LogP contribution in [0.4, 0.5) is 11.4 Å². The summed E-state index contributed by atoms with van der Waals surface area (Å²) in [6.45, 7) is 0.0501. The highest BCUT2D eigenvalue weighted by atomic mass is 32.2. The first-order valence-electron chi connectivity index (χ1n) is 6.20. The van der Waals surface area contributed by atoms with E-state index in [1.54, 1.807) is 24.3 Å². The summed E-state index contributed by atoms with van der Waals surface area (Å²) >= 11 is 0. The molecule has 0 aliphatic rings. The quantitative estimate of drug-likeness (QED) is 0.762. The molecule has 0 bridgehead atoms. The molecule has 1 aromatic carbocycles. The molecule has 0 aliphatic carbocycles. The first-order chi connectivity index (χ1) is 9.50. The molecule has 1 rings (SSSR count). The van der Waals surface area contributed by atoms with E-state index in [-0.39, 0.29) is 13.1 Å². The summed E-state index contributed by atoms with van der Waals surface area (Å²) < 4.78 is 49.2. The molecule has 0 fully saturated rings. The molecule has 0 radical (unpaired) electrons. The average molecular weight is 335 g/mol. The van der Waals surface area contributed by atoms with Crippen molar-refractivity contribution in [3.8, 4) is 0 Å². The molecule has 0 spiro atoms. The van der Waals surface area contributed by atoms with Gasteiger partial charge in [0, 0.05) is 32.9 Å². The molecule has 0 saturated carbocycles. The molecule has 0 aromatic heterocycles. The van der Waals surface area contributed by atoms with Gasteiger partial charge in [0.15, 0.2) is 0 Å². The molecule has 0 saturated heterocycles. The average Bonchev–Trinajstić information content (AvgIpc) is 2.32. The van der Waals surface area contributed by atoms with Gasteiger partial charge in [-0.3, -0.25) is 4.31 Å². The van der Waals surface area contributed by atoms with Crippen molar-refractivity contribution >= 4 is 31.4 Å². The first kappa shape index (κ1) is 17.7. The van der Waals surface area contributed by atoms with Crippen molar-refractivity contribution in [2.75, 3.05) is 48.9 Å². The zero-order valence-electron chi connectivity index (χ0n) is 12.6. The molecule has 1 N–H and O–H groups in total. The molecule has 9 heteroatoms. The predicted molar refractivity (Wildman–Crippen MR) is 85.8 cm³/mol. The molecular formula is C12H21N3O4S2. The molecular weight excluding hydrogens is 314 g/mol. The summed E-state index contributed by atoms with van der Waals surface area (Å²) in [5.74, 6) is 0. The van der Waals surface area contributed by atoms with E-state index in [0.29, 0.717) is 5.69 Å². The van der Waals surface area contributed by atoms with Crippen LogP contribution in [0.15, 0.2) is 24.3 Å². The van der Waals surface area contributed by atoms with E-state index in [2.05, 4.69) is 4.72 Å². The second-order valence-electron chi connectivity index (χ2n) is 4.91. The molecule has 21 heavy (non-hydrogen) atoms. The van der Waals surface area contributed by atoms with Crippen LogP contribution in [0.5, 0.6) is 0 Å². The van der Waals surface area contributed by atoms with E-state index in [4.69, 9.17) is 0 Å². The maximum Gasteiger partial charge on any atom is 0.232 e. The van der Waals surface area contributed by atoms with Crippen molar-refractivity contribution in [2.24, 2.45) is 0 Å². The topological polar surface area (TPSA) is 86.8 Å². The van der Waals surface area contributed by atoms with E-state index in [0.717, 1.165) is 18.2 Å². The lowest BCUT2D eigenvalue weighted by molar-refractivity contribution is 0.583. The van der Waals surface area contributed by atoms with Crippen LogP contribution in [0.25, 0.3) is 0 Å². The number of hydrogen-bond donors (Lipinski definition) is 1. The van der Waals surface area contributed by atoms with Crippen LogP contribution >= 0.6 is 0 Å². The van der Waals surface area contributed by atoms with Gasteiger partial charge in [-0.2, -0.15) is 0 Å². The maximum atomic E-state index is 11.8.